The Kier molecular flexibility index (Phi) is 8.27. The topological polar surface area (TPSA) is 78.1 Å². The van der Waals surface area contributed by atoms with Gasteiger partial charge in [-0.2, -0.15) is 0 Å². The van der Waals surface area contributed by atoms with Gasteiger partial charge >= 0.3 is 6.03 Å². The van der Waals surface area contributed by atoms with Crippen molar-refractivity contribution in [3.63, 3.8) is 0 Å². The number of ether oxygens (including phenoxy) is 4. The Morgan fingerprint density at radius 1 is 0.929 bits per heavy atom. The molecule has 0 bridgehead atoms. The first-order chi connectivity index (χ1) is 13.6. The van der Waals surface area contributed by atoms with Crippen LogP contribution in [0, 0.1) is 0 Å². The maximum Gasteiger partial charge on any atom is 0.319 e. The van der Waals surface area contributed by atoms with E-state index in [0.29, 0.717) is 49.3 Å². The highest BCUT2D eigenvalue weighted by Crippen LogP contribution is 2.40. The minimum absolute atomic E-state index is 0.336. The maximum atomic E-state index is 12.3. The molecule has 152 valence electrons. The third-order valence-corrected chi connectivity index (χ3v) is 3.75. The van der Waals surface area contributed by atoms with E-state index < -0.39 is 0 Å². The molecule has 0 aliphatic heterocycles. The number of hydrogen-bond donors (Lipinski definition) is 2. The van der Waals surface area contributed by atoms with E-state index in [0.717, 1.165) is 11.3 Å². The zero-order valence-corrected chi connectivity index (χ0v) is 16.8. The van der Waals surface area contributed by atoms with Gasteiger partial charge in [-0.15, -0.1) is 0 Å². The average molecular weight is 388 g/mol. The lowest BCUT2D eigenvalue weighted by Gasteiger charge is -2.17. The Balaban J connectivity index is 2.11. The summed E-state index contributed by atoms with van der Waals surface area (Å²) in [6, 6.07) is 10.6. The molecule has 0 aliphatic rings. The van der Waals surface area contributed by atoms with E-state index in [1.807, 2.05) is 45.0 Å². The number of methoxy groups -OCH3 is 1. The van der Waals surface area contributed by atoms with Gasteiger partial charge in [0, 0.05) is 18.7 Å². The van der Waals surface area contributed by atoms with Crippen LogP contribution in [0.5, 0.6) is 23.0 Å². The van der Waals surface area contributed by atoms with E-state index >= 15 is 0 Å². The monoisotopic (exact) mass is 388 g/mol. The summed E-state index contributed by atoms with van der Waals surface area (Å²) in [7, 11) is 1.61. The minimum atomic E-state index is -0.336. The van der Waals surface area contributed by atoms with Gasteiger partial charge in [0.25, 0.3) is 0 Å². The number of carbonyl (C=O) groups excluding carboxylic acids is 1. The van der Waals surface area contributed by atoms with Crippen LogP contribution in [0.4, 0.5) is 10.5 Å². The van der Waals surface area contributed by atoms with Crippen LogP contribution in [0.1, 0.15) is 26.3 Å². The standard InChI is InChI=1S/C21H28N2O5/c1-5-26-18-12-16(13-19(27-6-2)20(18)28-7-3)23-21(24)22-14-15-9-8-10-17(11-15)25-4/h8-13H,5-7,14H2,1-4H3,(H2,22,23,24). The van der Waals surface area contributed by atoms with Gasteiger partial charge in [0.15, 0.2) is 11.5 Å². The summed E-state index contributed by atoms with van der Waals surface area (Å²) in [4.78, 5) is 12.3. The Morgan fingerprint density at radius 2 is 1.57 bits per heavy atom. The van der Waals surface area contributed by atoms with E-state index in [2.05, 4.69) is 10.6 Å². The summed E-state index contributed by atoms with van der Waals surface area (Å²) in [6.45, 7) is 7.45. The zero-order chi connectivity index (χ0) is 20.4. The highest BCUT2D eigenvalue weighted by molar-refractivity contribution is 5.90. The van der Waals surface area contributed by atoms with Gasteiger partial charge < -0.3 is 29.6 Å². The predicted molar refractivity (Wildman–Crippen MR) is 109 cm³/mol. The SMILES string of the molecule is CCOc1cc(NC(=O)NCc2cccc(OC)c2)cc(OCC)c1OCC. The Labute approximate surface area is 165 Å². The molecule has 0 unspecified atom stereocenters. The molecular weight excluding hydrogens is 360 g/mol. The quantitative estimate of drug-likeness (QED) is 0.637. The Bertz CT molecular complexity index is 752. The smallest absolute Gasteiger partial charge is 0.319 e. The first-order valence-electron chi connectivity index (χ1n) is 9.35. The zero-order valence-electron chi connectivity index (χ0n) is 16.8. The van der Waals surface area contributed by atoms with Crippen molar-refractivity contribution in [2.24, 2.45) is 0 Å². The van der Waals surface area contributed by atoms with E-state index in [4.69, 9.17) is 18.9 Å². The number of urea groups is 1. The van der Waals surface area contributed by atoms with E-state index in [1.165, 1.54) is 0 Å². The number of benzene rings is 2. The van der Waals surface area contributed by atoms with Crippen LogP contribution in [0.2, 0.25) is 0 Å². The van der Waals surface area contributed by atoms with Crippen molar-refractivity contribution < 1.29 is 23.7 Å². The van der Waals surface area contributed by atoms with Crippen LogP contribution in [0.15, 0.2) is 36.4 Å². The minimum Gasteiger partial charge on any atom is -0.497 e. The lowest BCUT2D eigenvalue weighted by atomic mass is 10.2. The molecule has 28 heavy (non-hydrogen) atoms. The molecule has 0 aromatic heterocycles. The number of nitrogens with one attached hydrogen (secondary N) is 2. The van der Waals surface area contributed by atoms with Crippen molar-refractivity contribution in [2.75, 3.05) is 32.2 Å². The molecule has 0 heterocycles. The molecule has 0 atom stereocenters. The van der Waals surface area contributed by atoms with E-state index in [1.54, 1.807) is 19.2 Å². The van der Waals surface area contributed by atoms with Gasteiger partial charge in [-0.05, 0) is 38.5 Å². The lowest BCUT2D eigenvalue weighted by Crippen LogP contribution is -2.28. The summed E-state index contributed by atoms with van der Waals surface area (Å²) < 4.78 is 22.2. The Morgan fingerprint density at radius 3 is 2.14 bits per heavy atom. The summed E-state index contributed by atoms with van der Waals surface area (Å²) in [5, 5.41) is 5.63. The Hall–Kier alpha value is -3.09. The number of amides is 2. The number of rotatable bonds is 10. The highest BCUT2D eigenvalue weighted by Gasteiger charge is 2.16. The number of carbonyl (C=O) groups is 1. The van der Waals surface area contributed by atoms with Crippen molar-refractivity contribution >= 4 is 11.7 Å². The largest absolute Gasteiger partial charge is 0.497 e. The predicted octanol–water partition coefficient (Wildman–Crippen LogP) is 4.21. The molecule has 0 saturated carbocycles. The molecule has 0 saturated heterocycles. The fraction of sp³-hybridized carbons (Fsp3) is 0.381. The van der Waals surface area contributed by atoms with Crippen LogP contribution >= 0.6 is 0 Å². The van der Waals surface area contributed by atoms with Gasteiger partial charge in [-0.25, -0.2) is 4.79 Å². The molecular formula is C21H28N2O5. The second kappa shape index (κ2) is 10.9. The van der Waals surface area contributed by atoms with Crippen molar-refractivity contribution in [2.45, 2.75) is 27.3 Å². The van der Waals surface area contributed by atoms with Crippen LogP contribution < -0.4 is 29.6 Å². The van der Waals surface area contributed by atoms with Crippen molar-refractivity contribution in [3.8, 4) is 23.0 Å². The van der Waals surface area contributed by atoms with E-state index in [-0.39, 0.29) is 6.03 Å². The average Bonchev–Trinajstić information content (AvgIpc) is 2.69. The van der Waals surface area contributed by atoms with Crippen molar-refractivity contribution in [1.82, 2.24) is 5.32 Å². The number of anilines is 1. The van der Waals surface area contributed by atoms with Crippen molar-refractivity contribution in [1.29, 1.82) is 0 Å². The fourth-order valence-electron chi connectivity index (χ4n) is 2.60. The third-order valence-electron chi connectivity index (χ3n) is 3.75. The van der Waals surface area contributed by atoms with Crippen LogP contribution in [-0.2, 0) is 6.54 Å². The molecule has 0 radical (unpaired) electrons. The molecule has 2 rings (SSSR count). The highest BCUT2D eigenvalue weighted by atomic mass is 16.5. The third kappa shape index (κ3) is 5.97. The van der Waals surface area contributed by atoms with Gasteiger partial charge in [-0.1, -0.05) is 12.1 Å². The van der Waals surface area contributed by atoms with Gasteiger partial charge in [0.1, 0.15) is 5.75 Å². The summed E-state index contributed by atoms with van der Waals surface area (Å²) in [5.74, 6) is 2.33. The molecule has 2 aromatic carbocycles. The molecule has 7 nitrogen and oxygen atoms in total. The first-order valence-corrected chi connectivity index (χ1v) is 9.35. The molecule has 2 amide bonds. The second-order valence-electron chi connectivity index (χ2n) is 5.76. The molecule has 0 fully saturated rings. The van der Waals surface area contributed by atoms with Crippen LogP contribution in [0.25, 0.3) is 0 Å². The maximum absolute atomic E-state index is 12.3. The summed E-state index contributed by atoms with van der Waals surface area (Å²) >= 11 is 0. The van der Waals surface area contributed by atoms with Gasteiger partial charge in [0.05, 0.1) is 32.6 Å². The van der Waals surface area contributed by atoms with Gasteiger partial charge in [-0.3, -0.25) is 0 Å². The normalized spacial score (nSPS) is 10.1. The first kappa shape index (κ1) is 21.2. The second-order valence-corrected chi connectivity index (χ2v) is 5.76. The van der Waals surface area contributed by atoms with Crippen LogP contribution in [0.3, 0.4) is 0 Å². The lowest BCUT2D eigenvalue weighted by molar-refractivity contribution is 0.251. The number of hydrogen-bond acceptors (Lipinski definition) is 5. The molecule has 2 aromatic rings. The fourth-order valence-corrected chi connectivity index (χ4v) is 2.60. The summed E-state index contributed by atoms with van der Waals surface area (Å²) in [6.07, 6.45) is 0. The molecule has 0 spiro atoms. The van der Waals surface area contributed by atoms with Crippen LogP contribution in [-0.4, -0.2) is 33.0 Å². The van der Waals surface area contributed by atoms with Gasteiger partial charge in [0.2, 0.25) is 5.75 Å². The molecule has 2 N–H and O–H groups in total. The summed E-state index contributed by atoms with van der Waals surface area (Å²) in [5.41, 5.74) is 1.49. The molecule has 0 aliphatic carbocycles. The van der Waals surface area contributed by atoms with E-state index in [9.17, 15) is 4.79 Å². The molecule has 7 heteroatoms. The van der Waals surface area contributed by atoms with Crippen molar-refractivity contribution in [3.05, 3.63) is 42.0 Å².